The van der Waals surface area contributed by atoms with Gasteiger partial charge in [-0.25, -0.2) is 0 Å². The zero-order valence-corrected chi connectivity index (χ0v) is 12.3. The van der Waals surface area contributed by atoms with Crippen LogP contribution in [-0.4, -0.2) is 30.4 Å². The lowest BCUT2D eigenvalue weighted by atomic mass is 10.2. The number of primary amides is 1. The fourth-order valence-electron chi connectivity index (χ4n) is 1.19. The van der Waals surface area contributed by atoms with Crippen molar-refractivity contribution in [2.24, 2.45) is 5.73 Å². The first-order chi connectivity index (χ1) is 8.91. The van der Waals surface area contributed by atoms with Crippen LogP contribution in [0.3, 0.4) is 0 Å². The minimum atomic E-state index is -1.01. The van der Waals surface area contributed by atoms with Crippen LogP contribution in [0.4, 0.5) is 0 Å². The number of halogens is 1. The second kappa shape index (κ2) is 7.07. The topological polar surface area (TPSA) is 98.5 Å². The highest BCUT2D eigenvalue weighted by atomic mass is 127. The van der Waals surface area contributed by atoms with E-state index in [-0.39, 0.29) is 12.5 Å². The standard InChI is InChI=1S/C12H13IN2O4/c1-7(11(14)17)19-10(16)6-15-12(18)8-4-2-3-5-9(8)13/h2-5,7H,6H2,1H3,(H2,14,17)(H,15,18)/t7-/m0/s1. The summed E-state index contributed by atoms with van der Waals surface area (Å²) in [6.45, 7) is 1.05. The quantitative estimate of drug-likeness (QED) is 0.576. The summed E-state index contributed by atoms with van der Waals surface area (Å²) in [7, 11) is 0. The Hall–Kier alpha value is -1.64. The number of nitrogens with one attached hydrogen (secondary N) is 1. The lowest BCUT2D eigenvalue weighted by molar-refractivity contribution is -0.152. The fourth-order valence-corrected chi connectivity index (χ4v) is 1.82. The van der Waals surface area contributed by atoms with E-state index in [2.05, 4.69) is 5.32 Å². The van der Waals surface area contributed by atoms with Crippen molar-refractivity contribution in [2.75, 3.05) is 6.54 Å². The molecule has 0 heterocycles. The van der Waals surface area contributed by atoms with E-state index in [0.717, 1.165) is 3.57 Å². The Kier molecular flexibility index (Phi) is 5.74. The van der Waals surface area contributed by atoms with Crippen LogP contribution in [0.1, 0.15) is 17.3 Å². The molecule has 6 nitrogen and oxygen atoms in total. The third-order valence-electron chi connectivity index (χ3n) is 2.22. The van der Waals surface area contributed by atoms with Crippen molar-refractivity contribution < 1.29 is 19.1 Å². The molecule has 0 radical (unpaired) electrons. The molecule has 19 heavy (non-hydrogen) atoms. The number of nitrogens with two attached hydrogens (primary N) is 1. The molecular formula is C12H13IN2O4. The molecule has 1 atom stereocenters. The van der Waals surface area contributed by atoms with E-state index in [0.29, 0.717) is 5.56 Å². The molecule has 0 spiro atoms. The van der Waals surface area contributed by atoms with Crippen molar-refractivity contribution >= 4 is 40.4 Å². The van der Waals surface area contributed by atoms with Crippen LogP contribution >= 0.6 is 22.6 Å². The van der Waals surface area contributed by atoms with Gasteiger partial charge < -0.3 is 15.8 Å². The molecule has 7 heteroatoms. The smallest absolute Gasteiger partial charge is 0.326 e. The first-order valence-electron chi connectivity index (χ1n) is 5.43. The third-order valence-corrected chi connectivity index (χ3v) is 3.16. The second-order valence-electron chi connectivity index (χ2n) is 3.70. The molecule has 1 rings (SSSR count). The van der Waals surface area contributed by atoms with Crippen LogP contribution in [0.25, 0.3) is 0 Å². The molecule has 0 aliphatic heterocycles. The molecule has 2 amide bonds. The summed E-state index contributed by atoms with van der Waals surface area (Å²) in [5.41, 5.74) is 5.42. The molecule has 0 bridgehead atoms. The van der Waals surface area contributed by atoms with Gasteiger partial charge in [0.05, 0.1) is 5.56 Å². The molecule has 0 fully saturated rings. The summed E-state index contributed by atoms with van der Waals surface area (Å²) < 4.78 is 5.47. The van der Waals surface area contributed by atoms with E-state index in [9.17, 15) is 14.4 Å². The van der Waals surface area contributed by atoms with E-state index >= 15 is 0 Å². The van der Waals surface area contributed by atoms with Gasteiger partial charge >= 0.3 is 5.97 Å². The number of ether oxygens (including phenoxy) is 1. The minimum Gasteiger partial charge on any atom is -0.451 e. The van der Waals surface area contributed by atoms with Crippen molar-refractivity contribution in [3.63, 3.8) is 0 Å². The van der Waals surface area contributed by atoms with E-state index in [1.807, 2.05) is 22.6 Å². The molecule has 3 N–H and O–H groups in total. The number of benzene rings is 1. The van der Waals surface area contributed by atoms with Gasteiger partial charge in [-0.15, -0.1) is 0 Å². The average molecular weight is 376 g/mol. The molecule has 0 saturated carbocycles. The molecule has 102 valence electrons. The zero-order valence-electron chi connectivity index (χ0n) is 10.2. The van der Waals surface area contributed by atoms with Gasteiger partial charge in [0, 0.05) is 3.57 Å². The second-order valence-corrected chi connectivity index (χ2v) is 4.86. The summed E-state index contributed by atoms with van der Waals surface area (Å²) in [6, 6.07) is 6.96. The Balaban J connectivity index is 2.49. The number of amides is 2. The Morgan fingerprint density at radius 1 is 1.37 bits per heavy atom. The molecule has 0 aliphatic carbocycles. The number of hydrogen-bond donors (Lipinski definition) is 2. The van der Waals surface area contributed by atoms with Crippen LogP contribution < -0.4 is 11.1 Å². The van der Waals surface area contributed by atoms with Crippen molar-refractivity contribution in [3.8, 4) is 0 Å². The summed E-state index contributed by atoms with van der Waals surface area (Å²) in [4.78, 5) is 33.8. The van der Waals surface area contributed by atoms with Crippen molar-refractivity contribution in [2.45, 2.75) is 13.0 Å². The van der Waals surface area contributed by atoms with Gasteiger partial charge in [-0.2, -0.15) is 0 Å². The van der Waals surface area contributed by atoms with Gasteiger partial charge in [0.1, 0.15) is 6.54 Å². The van der Waals surface area contributed by atoms with Crippen LogP contribution in [0.15, 0.2) is 24.3 Å². The van der Waals surface area contributed by atoms with Gasteiger partial charge in [-0.1, -0.05) is 12.1 Å². The summed E-state index contributed by atoms with van der Waals surface area (Å²) in [6.07, 6.45) is -1.01. The van der Waals surface area contributed by atoms with Crippen molar-refractivity contribution in [1.29, 1.82) is 0 Å². The molecular weight excluding hydrogens is 363 g/mol. The summed E-state index contributed by atoms with van der Waals surface area (Å²) >= 11 is 2.02. The Morgan fingerprint density at radius 2 is 2.00 bits per heavy atom. The highest BCUT2D eigenvalue weighted by Crippen LogP contribution is 2.10. The highest BCUT2D eigenvalue weighted by molar-refractivity contribution is 14.1. The Labute approximate surface area is 123 Å². The van der Waals surface area contributed by atoms with Crippen LogP contribution in [-0.2, 0) is 14.3 Å². The van der Waals surface area contributed by atoms with E-state index in [4.69, 9.17) is 10.5 Å². The Morgan fingerprint density at radius 3 is 2.58 bits per heavy atom. The number of rotatable bonds is 5. The number of hydrogen-bond acceptors (Lipinski definition) is 4. The maximum Gasteiger partial charge on any atom is 0.326 e. The van der Waals surface area contributed by atoms with E-state index in [1.54, 1.807) is 24.3 Å². The van der Waals surface area contributed by atoms with Crippen LogP contribution in [0.2, 0.25) is 0 Å². The molecule has 0 aromatic heterocycles. The number of esters is 1. The molecule has 0 saturated heterocycles. The molecule has 0 aliphatic rings. The fraction of sp³-hybridized carbons (Fsp3) is 0.250. The zero-order chi connectivity index (χ0) is 14.4. The predicted octanol–water partition coefficient (Wildman–Crippen LogP) is 0.438. The first kappa shape index (κ1) is 15.4. The summed E-state index contributed by atoms with van der Waals surface area (Å²) in [5, 5.41) is 2.41. The molecule has 1 aromatic rings. The van der Waals surface area contributed by atoms with Gasteiger partial charge in [0.2, 0.25) is 0 Å². The third kappa shape index (κ3) is 4.86. The van der Waals surface area contributed by atoms with Gasteiger partial charge in [-0.3, -0.25) is 14.4 Å². The highest BCUT2D eigenvalue weighted by Gasteiger charge is 2.16. The maximum absolute atomic E-state index is 11.8. The van der Waals surface area contributed by atoms with Gasteiger partial charge in [-0.05, 0) is 41.6 Å². The number of carbonyl (C=O) groups is 3. The summed E-state index contributed by atoms with van der Waals surface area (Å²) in [5.74, 6) is -1.84. The van der Waals surface area contributed by atoms with Crippen molar-refractivity contribution in [3.05, 3.63) is 33.4 Å². The molecule has 1 aromatic carbocycles. The maximum atomic E-state index is 11.8. The van der Waals surface area contributed by atoms with Gasteiger partial charge in [0.15, 0.2) is 6.10 Å². The normalized spacial score (nSPS) is 11.5. The predicted molar refractivity (Wildman–Crippen MR) is 76.2 cm³/mol. The van der Waals surface area contributed by atoms with E-state index < -0.39 is 18.0 Å². The van der Waals surface area contributed by atoms with Crippen molar-refractivity contribution in [1.82, 2.24) is 5.32 Å². The van der Waals surface area contributed by atoms with Crippen LogP contribution in [0, 0.1) is 3.57 Å². The largest absolute Gasteiger partial charge is 0.451 e. The lowest BCUT2D eigenvalue weighted by Crippen LogP contribution is -2.36. The monoisotopic (exact) mass is 376 g/mol. The SMILES string of the molecule is C[C@H](OC(=O)CNC(=O)c1ccccc1I)C(N)=O. The number of carbonyl (C=O) groups excluding carboxylic acids is 3. The molecule has 0 unspecified atom stereocenters. The van der Waals surface area contributed by atoms with Crippen LogP contribution in [0.5, 0.6) is 0 Å². The average Bonchev–Trinajstić information content (AvgIpc) is 2.36. The van der Waals surface area contributed by atoms with Gasteiger partial charge in [0.25, 0.3) is 11.8 Å². The van der Waals surface area contributed by atoms with E-state index in [1.165, 1.54) is 6.92 Å². The minimum absolute atomic E-state index is 0.318. The Bertz CT molecular complexity index is 504. The lowest BCUT2D eigenvalue weighted by Gasteiger charge is -2.10. The first-order valence-corrected chi connectivity index (χ1v) is 6.51.